The number of allylic oxidation sites excluding steroid dienone is 3. The van der Waals surface area contributed by atoms with Gasteiger partial charge in [-0.2, -0.15) is 0 Å². The molecule has 1 atom stereocenters. The minimum Gasteiger partial charge on any atom is -0.489 e. The van der Waals surface area contributed by atoms with Gasteiger partial charge in [0.2, 0.25) is 6.04 Å². The van der Waals surface area contributed by atoms with Gasteiger partial charge in [0.15, 0.2) is 0 Å². The summed E-state index contributed by atoms with van der Waals surface area (Å²) in [6.45, 7) is 0.494. The van der Waals surface area contributed by atoms with Gasteiger partial charge >= 0.3 is 0 Å². The van der Waals surface area contributed by atoms with E-state index in [1.54, 1.807) is 12.2 Å². The maximum Gasteiger partial charge on any atom is 0.235 e. The first kappa shape index (κ1) is 15.0. The molecule has 1 aromatic rings. The molecule has 0 spiro atoms. The number of rotatable bonds is 3. The Morgan fingerprint density at radius 3 is 3.00 bits per heavy atom. The zero-order valence-corrected chi connectivity index (χ0v) is 13.6. The third-order valence-electron chi connectivity index (χ3n) is 3.92. The Bertz CT molecular complexity index is 691. The lowest BCUT2D eigenvalue weighted by Gasteiger charge is -2.18. The molecule has 5 heteroatoms. The Labute approximate surface area is 137 Å². The van der Waals surface area contributed by atoms with Gasteiger partial charge in [0.25, 0.3) is 0 Å². The summed E-state index contributed by atoms with van der Waals surface area (Å²) in [6.07, 6.45) is 6.76. The van der Waals surface area contributed by atoms with Crippen molar-refractivity contribution in [1.82, 2.24) is 0 Å². The normalized spacial score (nSPS) is 21.9. The highest BCUT2D eigenvalue weighted by molar-refractivity contribution is 9.09. The number of ether oxygens (including phenoxy) is 1. The summed E-state index contributed by atoms with van der Waals surface area (Å²) in [6, 6.07) is 7.42. The van der Waals surface area contributed by atoms with Gasteiger partial charge in [-0.1, -0.05) is 46.3 Å². The highest BCUT2D eigenvalue weighted by Crippen LogP contribution is 2.38. The van der Waals surface area contributed by atoms with Crippen LogP contribution in [0.5, 0.6) is 0 Å². The monoisotopic (exact) mass is 361 g/mol. The van der Waals surface area contributed by atoms with E-state index in [0.717, 1.165) is 39.8 Å². The van der Waals surface area contributed by atoms with Gasteiger partial charge in [-0.25, -0.2) is 0 Å². The highest BCUT2D eigenvalue weighted by Gasteiger charge is 2.29. The molecule has 0 radical (unpaired) electrons. The SMILES string of the molecule is O=[N+]([O-])C1C=CC2=C(C1)C(=CCCBr)c1ccccc1CO2. The topological polar surface area (TPSA) is 52.4 Å². The Balaban J connectivity index is 2.08. The Hall–Kier alpha value is -1.88. The lowest BCUT2D eigenvalue weighted by molar-refractivity contribution is -0.508. The van der Waals surface area contributed by atoms with Crippen molar-refractivity contribution in [2.45, 2.75) is 25.5 Å². The number of nitrogens with zero attached hydrogens (tertiary/aromatic N) is 1. The molecule has 1 unspecified atom stereocenters. The first-order valence-corrected chi connectivity index (χ1v) is 8.35. The number of fused-ring (bicyclic) bond motifs is 1. The standard InChI is InChI=1S/C17H16BrNO3/c18-9-3-6-15-14-5-2-1-4-12(14)11-22-17-8-7-13(19(20)21)10-16(15)17/h1-2,4-8,13H,3,9-11H2. The van der Waals surface area contributed by atoms with Crippen molar-refractivity contribution in [2.75, 3.05) is 5.33 Å². The van der Waals surface area contributed by atoms with Crippen molar-refractivity contribution in [3.05, 3.63) is 75.1 Å². The fraction of sp³-hybridized carbons (Fsp3) is 0.294. The van der Waals surface area contributed by atoms with Crippen molar-refractivity contribution in [2.24, 2.45) is 0 Å². The van der Waals surface area contributed by atoms with Crippen molar-refractivity contribution >= 4 is 21.5 Å². The summed E-state index contributed by atoms with van der Waals surface area (Å²) in [7, 11) is 0. The number of halogens is 1. The van der Waals surface area contributed by atoms with Crippen LogP contribution in [-0.2, 0) is 11.3 Å². The predicted molar refractivity (Wildman–Crippen MR) is 89.2 cm³/mol. The molecule has 1 aromatic carbocycles. The molecular weight excluding hydrogens is 346 g/mol. The van der Waals surface area contributed by atoms with Gasteiger partial charge in [0, 0.05) is 22.2 Å². The smallest absolute Gasteiger partial charge is 0.235 e. The summed E-state index contributed by atoms with van der Waals surface area (Å²) in [4.78, 5) is 10.9. The number of nitro groups is 1. The van der Waals surface area contributed by atoms with Crippen LogP contribution in [0, 0.1) is 10.1 Å². The molecule has 0 N–H and O–H groups in total. The molecule has 1 heterocycles. The zero-order chi connectivity index (χ0) is 15.5. The predicted octanol–water partition coefficient (Wildman–Crippen LogP) is 4.24. The minimum absolute atomic E-state index is 0.237. The lowest BCUT2D eigenvalue weighted by atomic mass is 9.87. The molecule has 0 bridgehead atoms. The quantitative estimate of drug-likeness (QED) is 0.459. The molecule has 0 aromatic heterocycles. The summed E-state index contributed by atoms with van der Waals surface area (Å²) >= 11 is 3.44. The van der Waals surface area contributed by atoms with E-state index in [9.17, 15) is 10.1 Å². The number of hydrogen-bond donors (Lipinski definition) is 0. The van der Waals surface area contributed by atoms with Gasteiger partial charge in [0.05, 0.1) is 0 Å². The van der Waals surface area contributed by atoms with Crippen molar-refractivity contribution in [3.8, 4) is 0 Å². The van der Waals surface area contributed by atoms with Crippen LogP contribution in [-0.4, -0.2) is 16.3 Å². The Kier molecular flexibility index (Phi) is 4.43. The van der Waals surface area contributed by atoms with Crippen molar-refractivity contribution < 1.29 is 9.66 Å². The Morgan fingerprint density at radius 1 is 1.41 bits per heavy atom. The molecule has 1 aliphatic heterocycles. The lowest BCUT2D eigenvalue weighted by Crippen LogP contribution is -2.21. The second-order valence-electron chi connectivity index (χ2n) is 5.30. The van der Waals surface area contributed by atoms with E-state index in [4.69, 9.17) is 4.74 Å². The van der Waals surface area contributed by atoms with Gasteiger partial charge in [-0.05, 0) is 35.3 Å². The molecule has 114 valence electrons. The van der Waals surface area contributed by atoms with Crippen molar-refractivity contribution in [1.29, 1.82) is 0 Å². The fourth-order valence-corrected chi connectivity index (χ4v) is 3.09. The molecule has 1 aliphatic carbocycles. The third kappa shape index (κ3) is 2.86. The average molecular weight is 362 g/mol. The molecule has 3 rings (SSSR count). The molecular formula is C17H16BrNO3. The van der Waals surface area contributed by atoms with E-state index >= 15 is 0 Å². The van der Waals surface area contributed by atoms with E-state index in [1.807, 2.05) is 18.2 Å². The molecule has 0 saturated heterocycles. The molecule has 0 fully saturated rings. The van der Waals surface area contributed by atoms with E-state index < -0.39 is 6.04 Å². The third-order valence-corrected chi connectivity index (χ3v) is 4.38. The summed E-state index contributed by atoms with van der Waals surface area (Å²) in [5, 5.41) is 12.0. The van der Waals surface area contributed by atoms with Gasteiger partial charge in [-0.3, -0.25) is 10.1 Å². The maximum absolute atomic E-state index is 11.1. The fourth-order valence-electron chi connectivity index (χ4n) is 2.86. The van der Waals surface area contributed by atoms with Crippen molar-refractivity contribution in [3.63, 3.8) is 0 Å². The summed E-state index contributed by atoms with van der Waals surface area (Å²) < 4.78 is 5.89. The van der Waals surface area contributed by atoms with Crippen LogP contribution in [0.4, 0.5) is 0 Å². The first-order chi connectivity index (χ1) is 10.7. The van der Waals surface area contributed by atoms with Gasteiger partial charge in [0.1, 0.15) is 12.4 Å². The molecule has 0 saturated carbocycles. The van der Waals surface area contributed by atoms with Crippen LogP contribution in [0.25, 0.3) is 5.57 Å². The van der Waals surface area contributed by atoms with Gasteiger partial charge < -0.3 is 4.74 Å². The largest absolute Gasteiger partial charge is 0.489 e. The molecule has 22 heavy (non-hydrogen) atoms. The molecule has 2 aliphatic rings. The Morgan fingerprint density at radius 2 is 2.23 bits per heavy atom. The highest BCUT2D eigenvalue weighted by atomic mass is 79.9. The number of hydrogen-bond acceptors (Lipinski definition) is 3. The second kappa shape index (κ2) is 6.48. The van der Waals surface area contributed by atoms with Gasteiger partial charge in [-0.15, -0.1) is 0 Å². The van der Waals surface area contributed by atoms with Crippen LogP contribution >= 0.6 is 15.9 Å². The van der Waals surface area contributed by atoms with E-state index in [0.29, 0.717) is 13.0 Å². The van der Waals surface area contributed by atoms with Crippen LogP contribution in [0.2, 0.25) is 0 Å². The molecule has 4 nitrogen and oxygen atoms in total. The zero-order valence-electron chi connectivity index (χ0n) is 12.0. The summed E-state index contributed by atoms with van der Waals surface area (Å²) in [5.74, 6) is 0.759. The van der Waals surface area contributed by atoms with Crippen LogP contribution in [0.3, 0.4) is 0 Å². The summed E-state index contributed by atoms with van der Waals surface area (Å²) in [5.41, 5.74) is 4.24. The maximum atomic E-state index is 11.1. The van der Waals surface area contributed by atoms with E-state index in [1.165, 1.54) is 0 Å². The van der Waals surface area contributed by atoms with Crippen LogP contribution in [0.15, 0.2) is 53.8 Å². The van der Waals surface area contributed by atoms with E-state index in [-0.39, 0.29) is 4.92 Å². The second-order valence-corrected chi connectivity index (χ2v) is 6.09. The van der Waals surface area contributed by atoms with E-state index in [2.05, 4.69) is 28.1 Å². The number of alkyl halides is 1. The number of benzene rings is 1. The molecule has 0 amide bonds. The van der Waals surface area contributed by atoms with Crippen LogP contribution < -0.4 is 0 Å². The van der Waals surface area contributed by atoms with Crippen LogP contribution in [0.1, 0.15) is 24.0 Å². The average Bonchev–Trinajstić information content (AvgIpc) is 2.69. The minimum atomic E-state index is -0.681. The first-order valence-electron chi connectivity index (χ1n) is 7.23.